The number of likely N-dealkylation sites (tertiary alicyclic amines) is 1. The van der Waals surface area contributed by atoms with E-state index >= 15 is 0 Å². The van der Waals surface area contributed by atoms with Gasteiger partial charge in [-0.05, 0) is 25.0 Å². The van der Waals surface area contributed by atoms with Crippen LogP contribution in [0.5, 0.6) is 0 Å². The molecule has 1 fully saturated rings. The second-order valence-electron chi connectivity index (χ2n) is 4.79. The molecule has 1 aromatic rings. The van der Waals surface area contributed by atoms with E-state index in [1.54, 1.807) is 0 Å². The molecule has 2 heterocycles. The first-order valence-corrected chi connectivity index (χ1v) is 6.13. The maximum atomic E-state index is 12.7. The Balaban J connectivity index is 2.14. The lowest BCUT2D eigenvalue weighted by atomic mass is 9.84. The van der Waals surface area contributed by atoms with Gasteiger partial charge < -0.3 is 10.0 Å². The number of carboxylic acids is 1. The van der Waals surface area contributed by atoms with Crippen LogP contribution < -0.4 is 0 Å². The van der Waals surface area contributed by atoms with Crippen molar-refractivity contribution in [3.63, 3.8) is 0 Å². The quantitative estimate of drug-likeness (QED) is 0.843. The van der Waals surface area contributed by atoms with Gasteiger partial charge in [0.05, 0.1) is 11.0 Å². The average Bonchev–Trinajstić information content (AvgIpc) is 2.84. The van der Waals surface area contributed by atoms with Crippen molar-refractivity contribution in [1.82, 2.24) is 9.88 Å². The Bertz CT molecular complexity index is 503. The summed E-state index contributed by atoms with van der Waals surface area (Å²) in [6.07, 6.45) is 2.09. The van der Waals surface area contributed by atoms with E-state index in [4.69, 9.17) is 0 Å². The molecule has 19 heavy (non-hydrogen) atoms. The van der Waals surface area contributed by atoms with Crippen molar-refractivity contribution in [1.29, 1.82) is 0 Å². The van der Waals surface area contributed by atoms with Crippen molar-refractivity contribution in [3.8, 4) is 0 Å². The van der Waals surface area contributed by atoms with Crippen LogP contribution in [-0.2, 0) is 4.79 Å². The lowest BCUT2D eigenvalue weighted by molar-refractivity contribution is -0.148. The number of carboxylic acid groups (broad SMARTS) is 1. The van der Waals surface area contributed by atoms with Gasteiger partial charge >= 0.3 is 5.97 Å². The summed E-state index contributed by atoms with van der Waals surface area (Å²) >= 11 is 0. The summed E-state index contributed by atoms with van der Waals surface area (Å²) in [5.41, 5.74) is -0.581. The number of amides is 1. The summed E-state index contributed by atoms with van der Waals surface area (Å²) in [4.78, 5) is 28.4. The second-order valence-corrected chi connectivity index (χ2v) is 4.79. The fraction of sp³-hybridized carbons (Fsp3) is 0.462. The predicted molar refractivity (Wildman–Crippen MR) is 65.1 cm³/mol. The monoisotopic (exact) mass is 266 g/mol. The van der Waals surface area contributed by atoms with E-state index in [0.717, 1.165) is 6.07 Å². The fourth-order valence-electron chi connectivity index (χ4n) is 2.35. The van der Waals surface area contributed by atoms with Gasteiger partial charge in [0.2, 0.25) is 5.95 Å². The van der Waals surface area contributed by atoms with Crippen molar-refractivity contribution >= 4 is 11.9 Å². The molecule has 0 saturated carbocycles. The number of nitrogens with zero attached hydrogens (tertiary/aromatic N) is 2. The molecule has 0 aromatic carbocycles. The number of aliphatic carboxylic acids is 1. The molecule has 1 saturated heterocycles. The molecule has 5 nitrogen and oxygen atoms in total. The highest BCUT2D eigenvalue weighted by atomic mass is 19.1. The molecule has 0 radical (unpaired) electrons. The Labute approximate surface area is 110 Å². The first kappa shape index (κ1) is 13.5. The van der Waals surface area contributed by atoms with Crippen LogP contribution in [0.1, 0.15) is 30.1 Å². The van der Waals surface area contributed by atoms with Gasteiger partial charge in [-0.15, -0.1) is 0 Å². The average molecular weight is 266 g/mol. The minimum Gasteiger partial charge on any atom is -0.481 e. The molecule has 1 N–H and O–H groups in total. The molecule has 2 rings (SSSR count). The molecule has 1 atom stereocenters. The van der Waals surface area contributed by atoms with Crippen LogP contribution in [0, 0.1) is 11.4 Å². The largest absolute Gasteiger partial charge is 0.481 e. The third-order valence-corrected chi connectivity index (χ3v) is 3.75. The topological polar surface area (TPSA) is 70.5 Å². The van der Waals surface area contributed by atoms with Crippen molar-refractivity contribution in [2.75, 3.05) is 13.1 Å². The molecule has 0 bridgehead atoms. The van der Waals surface area contributed by atoms with E-state index in [0.29, 0.717) is 19.4 Å². The first-order chi connectivity index (χ1) is 8.98. The molecule has 1 amide bonds. The summed E-state index contributed by atoms with van der Waals surface area (Å²) < 4.78 is 12.7. The molecular weight excluding hydrogens is 251 g/mol. The molecule has 6 heteroatoms. The standard InChI is InChI=1S/C13H15FN2O3/c1-2-13(12(18)19)5-6-16(8-13)11(17)9-3-4-10(14)15-7-9/h3-4,7H,2,5-6,8H2,1H3,(H,18,19). The lowest BCUT2D eigenvalue weighted by Gasteiger charge is -2.23. The highest BCUT2D eigenvalue weighted by Crippen LogP contribution is 2.34. The zero-order valence-corrected chi connectivity index (χ0v) is 10.6. The number of hydrogen-bond donors (Lipinski definition) is 1. The Kier molecular flexibility index (Phi) is 3.50. The number of hydrogen-bond acceptors (Lipinski definition) is 3. The van der Waals surface area contributed by atoms with Crippen molar-refractivity contribution < 1.29 is 19.1 Å². The van der Waals surface area contributed by atoms with Gasteiger partial charge in [-0.3, -0.25) is 9.59 Å². The molecular formula is C13H15FN2O3. The first-order valence-electron chi connectivity index (χ1n) is 6.13. The predicted octanol–water partition coefficient (Wildman–Crippen LogP) is 1.55. The number of pyridine rings is 1. The normalized spacial score (nSPS) is 22.5. The van der Waals surface area contributed by atoms with Crippen LogP contribution in [0.3, 0.4) is 0 Å². The Hall–Kier alpha value is -1.98. The minimum atomic E-state index is -0.873. The van der Waals surface area contributed by atoms with Gasteiger partial charge in [-0.25, -0.2) is 4.98 Å². The van der Waals surface area contributed by atoms with Gasteiger partial charge in [0.15, 0.2) is 0 Å². The van der Waals surface area contributed by atoms with Crippen LogP contribution in [0.25, 0.3) is 0 Å². The highest BCUT2D eigenvalue weighted by Gasteiger charge is 2.44. The van der Waals surface area contributed by atoms with Gasteiger partial charge in [0.25, 0.3) is 5.91 Å². The van der Waals surface area contributed by atoms with Crippen LogP contribution in [0.2, 0.25) is 0 Å². The lowest BCUT2D eigenvalue weighted by Crippen LogP contribution is -2.36. The van der Waals surface area contributed by atoms with E-state index in [-0.39, 0.29) is 18.0 Å². The maximum Gasteiger partial charge on any atom is 0.311 e. The molecule has 1 aromatic heterocycles. The summed E-state index contributed by atoms with van der Waals surface area (Å²) in [5, 5.41) is 9.27. The zero-order valence-electron chi connectivity index (χ0n) is 10.6. The van der Waals surface area contributed by atoms with Crippen molar-refractivity contribution in [2.24, 2.45) is 5.41 Å². The number of carbonyl (C=O) groups is 2. The number of halogens is 1. The van der Waals surface area contributed by atoms with Crippen LogP contribution in [0.15, 0.2) is 18.3 Å². The van der Waals surface area contributed by atoms with Crippen LogP contribution in [-0.4, -0.2) is 40.0 Å². The fourth-order valence-corrected chi connectivity index (χ4v) is 2.35. The van der Waals surface area contributed by atoms with E-state index in [2.05, 4.69) is 4.98 Å². The molecule has 0 spiro atoms. The summed E-state index contributed by atoms with van der Waals surface area (Å²) in [5.74, 6) is -1.82. The molecule has 1 aliphatic rings. The number of aromatic nitrogens is 1. The van der Waals surface area contributed by atoms with E-state index < -0.39 is 17.3 Å². The summed E-state index contributed by atoms with van der Waals surface area (Å²) in [6, 6.07) is 2.48. The molecule has 1 unspecified atom stereocenters. The van der Waals surface area contributed by atoms with Gasteiger partial charge in [-0.2, -0.15) is 4.39 Å². The third kappa shape index (κ3) is 2.43. The van der Waals surface area contributed by atoms with Gasteiger partial charge in [-0.1, -0.05) is 6.92 Å². The molecule has 1 aliphatic heterocycles. The van der Waals surface area contributed by atoms with Crippen LogP contribution in [0.4, 0.5) is 4.39 Å². The summed E-state index contributed by atoms with van der Waals surface area (Å²) in [6.45, 7) is 2.40. The molecule has 102 valence electrons. The SMILES string of the molecule is CCC1(C(=O)O)CCN(C(=O)c2ccc(F)nc2)C1. The summed E-state index contributed by atoms with van der Waals surface area (Å²) in [7, 11) is 0. The third-order valence-electron chi connectivity index (χ3n) is 3.75. The maximum absolute atomic E-state index is 12.7. The van der Waals surface area contributed by atoms with Crippen molar-refractivity contribution in [3.05, 3.63) is 29.8 Å². The van der Waals surface area contributed by atoms with E-state index in [1.807, 2.05) is 6.92 Å². The Morgan fingerprint density at radius 1 is 1.53 bits per heavy atom. The molecule has 0 aliphatic carbocycles. The van der Waals surface area contributed by atoms with Crippen molar-refractivity contribution in [2.45, 2.75) is 19.8 Å². The zero-order chi connectivity index (χ0) is 14.0. The minimum absolute atomic E-state index is 0.190. The van der Waals surface area contributed by atoms with Gasteiger partial charge in [0, 0.05) is 19.3 Å². The second kappa shape index (κ2) is 4.95. The van der Waals surface area contributed by atoms with Gasteiger partial charge in [0.1, 0.15) is 0 Å². The van der Waals surface area contributed by atoms with E-state index in [9.17, 15) is 19.1 Å². The number of carbonyl (C=O) groups excluding carboxylic acids is 1. The number of rotatable bonds is 3. The Morgan fingerprint density at radius 3 is 2.74 bits per heavy atom. The van der Waals surface area contributed by atoms with Crippen LogP contribution >= 0.6 is 0 Å². The highest BCUT2D eigenvalue weighted by molar-refractivity contribution is 5.94. The Morgan fingerprint density at radius 2 is 2.26 bits per heavy atom. The smallest absolute Gasteiger partial charge is 0.311 e. The van der Waals surface area contributed by atoms with E-state index in [1.165, 1.54) is 17.2 Å².